The van der Waals surface area contributed by atoms with E-state index < -0.39 is 0 Å². The van der Waals surface area contributed by atoms with Crippen LogP contribution in [-0.2, 0) is 6.42 Å². The molecule has 2 rings (SSSR count). The van der Waals surface area contributed by atoms with Gasteiger partial charge in [-0.25, -0.2) is 4.39 Å². The van der Waals surface area contributed by atoms with Gasteiger partial charge in [0.05, 0.1) is 0 Å². The first-order valence-corrected chi connectivity index (χ1v) is 7.26. The summed E-state index contributed by atoms with van der Waals surface area (Å²) in [4.78, 5) is 2.52. The van der Waals surface area contributed by atoms with Crippen LogP contribution in [0.4, 0.5) is 4.39 Å². The van der Waals surface area contributed by atoms with Gasteiger partial charge in [0.2, 0.25) is 0 Å². The van der Waals surface area contributed by atoms with Gasteiger partial charge in [-0.1, -0.05) is 18.6 Å². The fourth-order valence-electron chi connectivity index (χ4n) is 3.28. The molecule has 2 atom stereocenters. The third-order valence-corrected chi connectivity index (χ3v) is 4.41. The number of likely N-dealkylation sites (tertiary alicyclic amines) is 1. The van der Waals surface area contributed by atoms with Gasteiger partial charge in [-0.3, -0.25) is 4.90 Å². The van der Waals surface area contributed by atoms with Crippen LogP contribution in [0.1, 0.15) is 38.7 Å². The summed E-state index contributed by atoms with van der Waals surface area (Å²) in [5.74, 6) is -0.163. The van der Waals surface area contributed by atoms with Crippen molar-refractivity contribution < 1.29 is 4.39 Å². The molecule has 0 bridgehead atoms. The predicted octanol–water partition coefficient (Wildman–Crippen LogP) is 2.96. The predicted molar refractivity (Wildman–Crippen MR) is 77.6 cm³/mol. The molecule has 1 aromatic carbocycles. The fourth-order valence-corrected chi connectivity index (χ4v) is 3.28. The molecule has 1 fully saturated rings. The van der Waals surface area contributed by atoms with E-state index in [1.165, 1.54) is 25.3 Å². The SMILES string of the molecule is CC1CCCCN1C(C)(CN)Cc1cccc(F)c1. The van der Waals surface area contributed by atoms with Crippen molar-refractivity contribution in [1.82, 2.24) is 4.90 Å². The Labute approximate surface area is 115 Å². The molecule has 1 heterocycles. The number of hydrogen-bond acceptors (Lipinski definition) is 2. The number of nitrogens with zero attached hydrogens (tertiary/aromatic N) is 1. The van der Waals surface area contributed by atoms with Gasteiger partial charge in [0.25, 0.3) is 0 Å². The quantitative estimate of drug-likeness (QED) is 0.906. The summed E-state index contributed by atoms with van der Waals surface area (Å²) >= 11 is 0. The van der Waals surface area contributed by atoms with Gasteiger partial charge in [-0.2, -0.15) is 0 Å². The van der Waals surface area contributed by atoms with Gasteiger partial charge >= 0.3 is 0 Å². The van der Waals surface area contributed by atoms with E-state index in [2.05, 4.69) is 18.7 Å². The van der Waals surface area contributed by atoms with Crippen molar-refractivity contribution in [2.45, 2.75) is 51.1 Å². The molecule has 1 aliphatic rings. The lowest BCUT2D eigenvalue weighted by atomic mass is 9.87. The normalized spacial score (nSPS) is 24.1. The Bertz CT molecular complexity index is 421. The zero-order valence-electron chi connectivity index (χ0n) is 12.0. The van der Waals surface area contributed by atoms with E-state index in [9.17, 15) is 4.39 Å². The molecular formula is C16H25FN2. The van der Waals surface area contributed by atoms with Crippen molar-refractivity contribution in [3.8, 4) is 0 Å². The van der Waals surface area contributed by atoms with E-state index in [-0.39, 0.29) is 11.4 Å². The average molecular weight is 264 g/mol. The van der Waals surface area contributed by atoms with Crippen LogP contribution in [0.15, 0.2) is 24.3 Å². The summed E-state index contributed by atoms with van der Waals surface area (Å²) in [6.45, 7) is 6.19. The Hall–Kier alpha value is -0.930. The third-order valence-electron chi connectivity index (χ3n) is 4.41. The molecule has 0 radical (unpaired) electrons. The van der Waals surface area contributed by atoms with E-state index in [1.54, 1.807) is 12.1 Å². The van der Waals surface area contributed by atoms with Crippen LogP contribution >= 0.6 is 0 Å². The van der Waals surface area contributed by atoms with Crippen LogP contribution in [0.25, 0.3) is 0 Å². The highest BCUT2D eigenvalue weighted by Crippen LogP contribution is 2.28. The molecule has 0 spiro atoms. The molecule has 2 nitrogen and oxygen atoms in total. The Morgan fingerprint density at radius 2 is 2.21 bits per heavy atom. The highest BCUT2D eigenvalue weighted by Gasteiger charge is 2.35. The van der Waals surface area contributed by atoms with Gasteiger partial charge < -0.3 is 5.73 Å². The molecule has 0 amide bonds. The molecule has 2 unspecified atom stereocenters. The Balaban J connectivity index is 2.17. The number of nitrogens with two attached hydrogens (primary N) is 1. The topological polar surface area (TPSA) is 29.3 Å². The minimum absolute atomic E-state index is 0.0758. The van der Waals surface area contributed by atoms with Gasteiger partial charge in [0, 0.05) is 18.1 Å². The lowest BCUT2D eigenvalue weighted by Gasteiger charge is -2.47. The Morgan fingerprint density at radius 3 is 2.84 bits per heavy atom. The van der Waals surface area contributed by atoms with E-state index in [0.29, 0.717) is 12.6 Å². The summed E-state index contributed by atoms with van der Waals surface area (Å²) in [7, 11) is 0. The molecule has 19 heavy (non-hydrogen) atoms. The minimum Gasteiger partial charge on any atom is -0.329 e. The molecule has 1 aliphatic heterocycles. The van der Waals surface area contributed by atoms with E-state index in [1.807, 2.05) is 6.07 Å². The lowest BCUT2D eigenvalue weighted by Crippen LogP contribution is -2.58. The van der Waals surface area contributed by atoms with E-state index >= 15 is 0 Å². The maximum atomic E-state index is 13.3. The molecule has 2 N–H and O–H groups in total. The second-order valence-electron chi connectivity index (χ2n) is 6.05. The van der Waals surface area contributed by atoms with Crippen molar-refractivity contribution >= 4 is 0 Å². The Morgan fingerprint density at radius 1 is 1.42 bits per heavy atom. The molecule has 0 saturated carbocycles. The van der Waals surface area contributed by atoms with Crippen LogP contribution in [-0.4, -0.2) is 29.6 Å². The fraction of sp³-hybridized carbons (Fsp3) is 0.625. The zero-order chi connectivity index (χ0) is 13.9. The second-order valence-corrected chi connectivity index (χ2v) is 6.05. The van der Waals surface area contributed by atoms with E-state index in [4.69, 9.17) is 5.73 Å². The monoisotopic (exact) mass is 264 g/mol. The minimum atomic E-state index is -0.163. The van der Waals surface area contributed by atoms with Crippen LogP contribution < -0.4 is 5.73 Å². The highest BCUT2D eigenvalue weighted by atomic mass is 19.1. The van der Waals surface area contributed by atoms with Crippen LogP contribution in [0.2, 0.25) is 0 Å². The van der Waals surface area contributed by atoms with Crippen molar-refractivity contribution in [1.29, 1.82) is 0 Å². The van der Waals surface area contributed by atoms with Crippen molar-refractivity contribution in [2.75, 3.05) is 13.1 Å². The first-order valence-electron chi connectivity index (χ1n) is 7.26. The smallest absolute Gasteiger partial charge is 0.123 e. The van der Waals surface area contributed by atoms with Gasteiger partial charge in [-0.05, 0) is 57.4 Å². The van der Waals surface area contributed by atoms with Crippen molar-refractivity contribution in [2.24, 2.45) is 5.73 Å². The van der Waals surface area contributed by atoms with Crippen LogP contribution in [0, 0.1) is 5.82 Å². The molecule has 0 aliphatic carbocycles. The molecule has 106 valence electrons. The maximum absolute atomic E-state index is 13.3. The molecule has 3 heteroatoms. The zero-order valence-corrected chi connectivity index (χ0v) is 12.0. The first kappa shape index (κ1) is 14.5. The second kappa shape index (κ2) is 6.02. The van der Waals surface area contributed by atoms with Crippen molar-refractivity contribution in [3.05, 3.63) is 35.6 Å². The standard InChI is InChI=1S/C16H25FN2/c1-13-6-3-4-9-19(13)16(2,12-18)11-14-7-5-8-15(17)10-14/h5,7-8,10,13H,3-4,6,9,11-12,18H2,1-2H3. The average Bonchev–Trinajstić information content (AvgIpc) is 2.39. The summed E-state index contributed by atoms with van der Waals surface area (Å²) in [5.41, 5.74) is 7.01. The largest absolute Gasteiger partial charge is 0.329 e. The number of benzene rings is 1. The number of piperidine rings is 1. The summed E-state index contributed by atoms with van der Waals surface area (Å²) in [6, 6.07) is 7.46. The summed E-state index contributed by atoms with van der Waals surface area (Å²) in [5, 5.41) is 0. The molecular weight excluding hydrogens is 239 g/mol. The van der Waals surface area contributed by atoms with E-state index in [0.717, 1.165) is 18.5 Å². The molecule has 1 aromatic rings. The lowest BCUT2D eigenvalue weighted by molar-refractivity contribution is 0.0417. The van der Waals surface area contributed by atoms with Gasteiger partial charge in [0.15, 0.2) is 0 Å². The first-order chi connectivity index (χ1) is 9.05. The summed E-state index contributed by atoms with van der Waals surface area (Å²) < 4.78 is 13.3. The van der Waals surface area contributed by atoms with Gasteiger partial charge in [0.1, 0.15) is 5.82 Å². The number of halogens is 1. The molecule has 1 saturated heterocycles. The van der Waals surface area contributed by atoms with Crippen LogP contribution in [0.5, 0.6) is 0 Å². The van der Waals surface area contributed by atoms with Crippen molar-refractivity contribution in [3.63, 3.8) is 0 Å². The summed E-state index contributed by atoms with van der Waals surface area (Å²) in [6.07, 6.45) is 4.59. The Kier molecular flexibility index (Phi) is 4.58. The van der Waals surface area contributed by atoms with Gasteiger partial charge in [-0.15, -0.1) is 0 Å². The highest BCUT2D eigenvalue weighted by molar-refractivity contribution is 5.19. The third kappa shape index (κ3) is 3.34. The molecule has 0 aromatic heterocycles. The van der Waals surface area contributed by atoms with Crippen LogP contribution in [0.3, 0.4) is 0 Å². The maximum Gasteiger partial charge on any atom is 0.123 e. The number of hydrogen-bond donors (Lipinski definition) is 1. The number of rotatable bonds is 4.